The van der Waals surface area contributed by atoms with E-state index in [9.17, 15) is 0 Å². The van der Waals surface area contributed by atoms with E-state index in [2.05, 4.69) is 166 Å². The quantitative estimate of drug-likeness (QED) is 0.155. The van der Waals surface area contributed by atoms with Gasteiger partial charge in [0, 0.05) is 45.4 Å². The van der Waals surface area contributed by atoms with Gasteiger partial charge in [0.15, 0.2) is 11.5 Å². The van der Waals surface area contributed by atoms with E-state index in [-0.39, 0.29) is 5.41 Å². The molecule has 0 amide bonds. The van der Waals surface area contributed by atoms with Crippen molar-refractivity contribution in [2.24, 2.45) is 0 Å². The van der Waals surface area contributed by atoms with Crippen molar-refractivity contribution in [3.63, 3.8) is 0 Å². The number of fused-ring (bicyclic) bond motifs is 7. The highest BCUT2D eigenvalue weighted by atomic mass is 16.6. The summed E-state index contributed by atoms with van der Waals surface area (Å²) < 4.78 is 18.8. The third-order valence-electron chi connectivity index (χ3n) is 12.2. The van der Waals surface area contributed by atoms with Gasteiger partial charge in [0.25, 0.3) is 0 Å². The van der Waals surface area contributed by atoms with Gasteiger partial charge < -0.3 is 18.8 Å². The summed E-state index contributed by atoms with van der Waals surface area (Å²) in [6.45, 7) is 9.65. The first kappa shape index (κ1) is 35.9. The number of benzene rings is 6. The molecule has 1 aromatic heterocycles. The number of hydrogen-bond acceptors (Lipinski definition) is 4. The molecule has 10 rings (SSSR count). The van der Waals surface area contributed by atoms with Gasteiger partial charge in [0.05, 0.1) is 0 Å². The van der Waals surface area contributed by atoms with Crippen LogP contribution in [0.2, 0.25) is 0 Å². The number of para-hydroxylation sites is 2. The lowest BCUT2D eigenvalue weighted by molar-refractivity contribution is 0.232. The summed E-state index contributed by atoms with van der Waals surface area (Å²) in [6.07, 6.45) is 11.8. The van der Waals surface area contributed by atoms with Crippen molar-refractivity contribution < 1.29 is 13.9 Å². The Morgan fingerprint density at radius 1 is 0.741 bits per heavy atom. The monoisotopic (exact) mass is 757 g/mol. The van der Waals surface area contributed by atoms with E-state index in [1.165, 1.54) is 55.5 Å². The minimum absolute atomic E-state index is 0.216. The topological polar surface area (TPSA) is 34.8 Å². The Labute approximate surface area is 341 Å². The molecule has 7 aromatic rings. The average Bonchev–Trinajstić information content (AvgIpc) is 3.74. The first-order chi connectivity index (χ1) is 28.4. The maximum atomic E-state index is 6.61. The van der Waals surface area contributed by atoms with Crippen LogP contribution in [0, 0.1) is 0 Å². The predicted octanol–water partition coefficient (Wildman–Crippen LogP) is 14.9. The molecule has 2 aliphatic carbocycles. The molecule has 0 saturated carbocycles. The van der Waals surface area contributed by atoms with Gasteiger partial charge in [-0.15, -0.1) is 0 Å². The number of anilines is 3. The maximum Gasteiger partial charge on any atom is 0.169 e. The molecule has 6 aromatic carbocycles. The number of ether oxygens (including phenoxy) is 2. The van der Waals surface area contributed by atoms with Crippen LogP contribution >= 0.6 is 0 Å². The van der Waals surface area contributed by atoms with Crippen LogP contribution in [0.25, 0.3) is 44.9 Å². The standard InChI is InChI=1S/C54H47NO3/c1-5-12-36(21-27-43-34-56-50-17-9-10-18-51(50)57-43)39-22-28-44-45-29-25-41(32-49(45)54(3,4)48(44)31-39)55(40-23-19-38(20-24-40)37-14-7-6-8-15-37)42-26-30-46-47-16-11-13-35(2)53(47)58-52(46)33-42/h6-11,14-33,35H,5,12-13,34H2,1-4H3/b36-21+,43-27+. The highest BCUT2D eigenvalue weighted by Gasteiger charge is 2.36. The van der Waals surface area contributed by atoms with Crippen molar-refractivity contribution in [3.8, 4) is 33.8 Å². The van der Waals surface area contributed by atoms with E-state index >= 15 is 0 Å². The summed E-state index contributed by atoms with van der Waals surface area (Å²) in [5, 5.41) is 1.17. The zero-order valence-electron chi connectivity index (χ0n) is 33.6. The first-order valence-corrected chi connectivity index (χ1v) is 20.6. The molecule has 0 N–H and O–H groups in total. The van der Waals surface area contributed by atoms with Crippen LogP contribution < -0.4 is 14.4 Å². The van der Waals surface area contributed by atoms with Gasteiger partial charge >= 0.3 is 0 Å². The van der Waals surface area contributed by atoms with E-state index in [0.717, 1.165) is 64.9 Å². The fourth-order valence-corrected chi connectivity index (χ4v) is 9.09. The molecule has 3 aliphatic rings. The summed E-state index contributed by atoms with van der Waals surface area (Å²) >= 11 is 0. The summed E-state index contributed by atoms with van der Waals surface area (Å²) in [5.74, 6) is 3.81. The van der Waals surface area contributed by atoms with Gasteiger partial charge in [-0.3, -0.25) is 0 Å². The predicted molar refractivity (Wildman–Crippen MR) is 239 cm³/mol. The normalized spacial score (nSPS) is 16.9. The zero-order valence-corrected chi connectivity index (χ0v) is 33.6. The fourth-order valence-electron chi connectivity index (χ4n) is 9.09. The molecule has 2 heterocycles. The minimum Gasteiger partial charge on any atom is -0.482 e. The molecule has 1 atom stereocenters. The van der Waals surface area contributed by atoms with Crippen molar-refractivity contribution in [2.45, 2.75) is 58.3 Å². The Hall–Kier alpha value is -6.52. The van der Waals surface area contributed by atoms with Gasteiger partial charge in [-0.1, -0.05) is 125 Å². The van der Waals surface area contributed by atoms with Crippen molar-refractivity contribution >= 4 is 39.7 Å². The Morgan fingerprint density at radius 2 is 1.43 bits per heavy atom. The molecule has 0 fully saturated rings. The summed E-state index contributed by atoms with van der Waals surface area (Å²) in [4.78, 5) is 2.38. The van der Waals surface area contributed by atoms with Gasteiger partial charge in [-0.05, 0) is 118 Å². The number of allylic oxidation sites excluding steroid dienone is 4. The third kappa shape index (κ3) is 6.24. The molecular weight excluding hydrogens is 711 g/mol. The molecule has 58 heavy (non-hydrogen) atoms. The smallest absolute Gasteiger partial charge is 0.169 e. The molecule has 4 heteroatoms. The van der Waals surface area contributed by atoms with Crippen LogP contribution in [-0.4, -0.2) is 6.61 Å². The minimum atomic E-state index is -0.216. The molecule has 0 bridgehead atoms. The number of furan rings is 1. The van der Waals surface area contributed by atoms with Crippen LogP contribution in [0.15, 0.2) is 162 Å². The van der Waals surface area contributed by atoms with Crippen molar-refractivity contribution in [1.82, 2.24) is 0 Å². The molecule has 286 valence electrons. The van der Waals surface area contributed by atoms with Crippen LogP contribution in [0.1, 0.15) is 80.9 Å². The fraction of sp³-hybridized carbons (Fsp3) is 0.185. The number of nitrogens with zero attached hydrogens (tertiary/aromatic N) is 1. The second-order valence-electron chi connectivity index (χ2n) is 16.4. The summed E-state index contributed by atoms with van der Waals surface area (Å²) in [6, 6.07) is 48.1. The SMILES string of the molecule is CCC/C(=C\C=C1/COc2ccccc2O1)c1ccc2c(c1)C(C)(C)c1cc(N(c3ccc(-c4ccccc4)cc3)c3ccc4c5c(oc4c3)C(C)CC=C5)ccc1-2. The Balaban J connectivity index is 1.03. The van der Waals surface area contributed by atoms with Gasteiger partial charge in [-0.25, -0.2) is 0 Å². The Bertz CT molecular complexity index is 2780. The van der Waals surface area contributed by atoms with Gasteiger partial charge in [0.2, 0.25) is 0 Å². The van der Waals surface area contributed by atoms with E-state index in [4.69, 9.17) is 13.9 Å². The molecule has 1 aliphatic heterocycles. The lowest BCUT2D eigenvalue weighted by atomic mass is 9.81. The van der Waals surface area contributed by atoms with Crippen LogP contribution in [0.3, 0.4) is 0 Å². The van der Waals surface area contributed by atoms with Crippen molar-refractivity contribution in [1.29, 1.82) is 0 Å². The van der Waals surface area contributed by atoms with Crippen molar-refractivity contribution in [2.75, 3.05) is 11.5 Å². The highest BCUT2D eigenvalue weighted by molar-refractivity contribution is 5.94. The second kappa shape index (κ2) is 14.5. The zero-order chi connectivity index (χ0) is 39.4. The Kier molecular flexibility index (Phi) is 8.94. The molecule has 0 spiro atoms. The molecular formula is C54H47NO3. The molecule has 0 saturated heterocycles. The van der Waals surface area contributed by atoms with Gasteiger partial charge in [0.1, 0.15) is 23.7 Å². The number of rotatable bonds is 8. The lowest BCUT2D eigenvalue weighted by Crippen LogP contribution is -2.17. The van der Waals surface area contributed by atoms with E-state index in [0.29, 0.717) is 12.5 Å². The number of hydrogen-bond donors (Lipinski definition) is 0. The average molecular weight is 758 g/mol. The van der Waals surface area contributed by atoms with E-state index < -0.39 is 0 Å². The first-order valence-electron chi connectivity index (χ1n) is 20.6. The van der Waals surface area contributed by atoms with Crippen LogP contribution in [0.4, 0.5) is 17.1 Å². The van der Waals surface area contributed by atoms with Crippen molar-refractivity contribution in [3.05, 3.63) is 185 Å². The third-order valence-corrected chi connectivity index (χ3v) is 12.2. The maximum absolute atomic E-state index is 6.61. The van der Waals surface area contributed by atoms with E-state index in [1.54, 1.807) is 0 Å². The lowest BCUT2D eigenvalue weighted by Gasteiger charge is -2.28. The molecule has 4 nitrogen and oxygen atoms in total. The molecule has 0 radical (unpaired) electrons. The summed E-state index contributed by atoms with van der Waals surface area (Å²) in [5.41, 5.74) is 15.4. The largest absolute Gasteiger partial charge is 0.482 e. The van der Waals surface area contributed by atoms with Crippen LogP contribution in [-0.2, 0) is 5.41 Å². The highest BCUT2D eigenvalue weighted by Crippen LogP contribution is 2.52. The van der Waals surface area contributed by atoms with Gasteiger partial charge in [-0.2, -0.15) is 0 Å². The van der Waals surface area contributed by atoms with Crippen LogP contribution in [0.5, 0.6) is 11.5 Å². The molecule has 1 unspecified atom stereocenters. The Morgan fingerprint density at radius 3 is 2.24 bits per heavy atom. The van der Waals surface area contributed by atoms with E-state index in [1.807, 2.05) is 24.3 Å². The second-order valence-corrected chi connectivity index (χ2v) is 16.4. The summed E-state index contributed by atoms with van der Waals surface area (Å²) in [7, 11) is 0.